The maximum absolute atomic E-state index is 10.7. The number of hydrogen-bond acceptors (Lipinski definition) is 4. The van der Waals surface area contributed by atoms with Crippen molar-refractivity contribution < 1.29 is 20.1 Å². The Morgan fingerprint density at radius 1 is 1.28 bits per heavy atom. The number of aliphatic hydroxyl groups excluding tert-OH is 2. The molecule has 106 valence electrons. The molecule has 4 nitrogen and oxygen atoms in total. The summed E-state index contributed by atoms with van der Waals surface area (Å²) in [5, 5.41) is 30.0. The minimum Gasteiger partial charge on any atom is -0.393 e. The molecule has 1 aliphatic carbocycles. The Labute approximate surface area is 109 Å². The normalized spacial score (nSPS) is 42.1. The average Bonchev–Trinajstić information content (AvgIpc) is 2.13. The van der Waals surface area contributed by atoms with E-state index >= 15 is 0 Å². The Morgan fingerprint density at radius 2 is 1.83 bits per heavy atom. The van der Waals surface area contributed by atoms with Crippen molar-refractivity contribution in [2.75, 3.05) is 7.11 Å². The standard InChI is InChI=1S/C14H26O4/c1-10(15)6-7-14(18-5)12(2,3)8-11(16)9-13(14,4)17/h6-7,10-11,15-17H,8-9H2,1-5H3/b7-6+/t10-,11+,13-,14-/m0/s1. The van der Waals surface area contributed by atoms with Gasteiger partial charge < -0.3 is 20.1 Å². The van der Waals surface area contributed by atoms with E-state index in [2.05, 4.69) is 0 Å². The van der Waals surface area contributed by atoms with Gasteiger partial charge in [-0.3, -0.25) is 0 Å². The van der Waals surface area contributed by atoms with Gasteiger partial charge in [0.1, 0.15) is 5.60 Å². The summed E-state index contributed by atoms with van der Waals surface area (Å²) in [4.78, 5) is 0. The molecule has 0 spiro atoms. The number of rotatable bonds is 3. The molecule has 1 fully saturated rings. The molecular weight excluding hydrogens is 232 g/mol. The van der Waals surface area contributed by atoms with Gasteiger partial charge in [-0.25, -0.2) is 0 Å². The molecule has 0 bridgehead atoms. The number of methoxy groups -OCH3 is 1. The van der Waals surface area contributed by atoms with Gasteiger partial charge in [-0.2, -0.15) is 0 Å². The van der Waals surface area contributed by atoms with Crippen molar-refractivity contribution in [3.8, 4) is 0 Å². The molecule has 18 heavy (non-hydrogen) atoms. The Kier molecular flexibility index (Phi) is 4.28. The summed E-state index contributed by atoms with van der Waals surface area (Å²) in [7, 11) is 1.56. The first kappa shape index (κ1) is 15.6. The fraction of sp³-hybridized carbons (Fsp3) is 0.857. The Morgan fingerprint density at radius 3 is 2.22 bits per heavy atom. The third-order valence-electron chi connectivity index (χ3n) is 4.12. The fourth-order valence-corrected chi connectivity index (χ4v) is 3.40. The monoisotopic (exact) mass is 258 g/mol. The molecule has 0 saturated heterocycles. The van der Waals surface area contributed by atoms with E-state index in [1.165, 1.54) is 0 Å². The minimum absolute atomic E-state index is 0.258. The van der Waals surface area contributed by atoms with Gasteiger partial charge in [-0.15, -0.1) is 0 Å². The van der Waals surface area contributed by atoms with Gasteiger partial charge in [-0.1, -0.05) is 26.0 Å². The van der Waals surface area contributed by atoms with Crippen LogP contribution in [-0.2, 0) is 4.74 Å². The van der Waals surface area contributed by atoms with Crippen LogP contribution >= 0.6 is 0 Å². The maximum Gasteiger partial charge on any atom is 0.119 e. The van der Waals surface area contributed by atoms with E-state index in [0.29, 0.717) is 6.42 Å². The molecule has 0 aliphatic heterocycles. The predicted molar refractivity (Wildman–Crippen MR) is 70.2 cm³/mol. The summed E-state index contributed by atoms with van der Waals surface area (Å²) in [6.07, 6.45) is 3.02. The summed E-state index contributed by atoms with van der Waals surface area (Å²) in [6.45, 7) is 7.24. The summed E-state index contributed by atoms with van der Waals surface area (Å²) in [5.74, 6) is 0. The lowest BCUT2D eigenvalue weighted by Crippen LogP contribution is -2.66. The molecule has 0 aromatic carbocycles. The molecule has 1 saturated carbocycles. The van der Waals surface area contributed by atoms with E-state index in [4.69, 9.17) is 4.74 Å². The van der Waals surface area contributed by atoms with Crippen molar-refractivity contribution in [2.24, 2.45) is 5.41 Å². The molecular formula is C14H26O4. The molecule has 4 atom stereocenters. The second kappa shape index (κ2) is 4.93. The van der Waals surface area contributed by atoms with E-state index in [-0.39, 0.29) is 6.42 Å². The first-order valence-corrected chi connectivity index (χ1v) is 6.41. The lowest BCUT2D eigenvalue weighted by atomic mass is 9.57. The highest BCUT2D eigenvalue weighted by Crippen LogP contribution is 2.52. The van der Waals surface area contributed by atoms with Crippen molar-refractivity contribution in [1.29, 1.82) is 0 Å². The van der Waals surface area contributed by atoms with Gasteiger partial charge in [0.05, 0.1) is 17.8 Å². The Balaban J connectivity index is 3.26. The van der Waals surface area contributed by atoms with Gasteiger partial charge in [0.25, 0.3) is 0 Å². The fourth-order valence-electron chi connectivity index (χ4n) is 3.40. The van der Waals surface area contributed by atoms with E-state index in [0.717, 1.165) is 0 Å². The van der Waals surface area contributed by atoms with Crippen LogP contribution in [-0.4, -0.2) is 45.8 Å². The van der Waals surface area contributed by atoms with Gasteiger partial charge in [0, 0.05) is 18.9 Å². The van der Waals surface area contributed by atoms with Crippen molar-refractivity contribution >= 4 is 0 Å². The SMILES string of the molecule is CO[C@@]1(/C=C/[C@H](C)O)C(C)(C)C[C@@H](O)C[C@]1(C)O. The second-order valence-corrected chi connectivity index (χ2v) is 6.26. The number of aliphatic hydroxyl groups is 3. The van der Waals surface area contributed by atoms with Crippen molar-refractivity contribution in [3.63, 3.8) is 0 Å². The topological polar surface area (TPSA) is 69.9 Å². The summed E-state index contributed by atoms with van der Waals surface area (Å²) in [5.41, 5.74) is -2.54. The molecule has 0 amide bonds. The van der Waals surface area contributed by atoms with Crippen molar-refractivity contribution in [1.82, 2.24) is 0 Å². The number of hydrogen-bond donors (Lipinski definition) is 3. The van der Waals surface area contributed by atoms with Gasteiger partial charge >= 0.3 is 0 Å². The molecule has 1 rings (SSSR count). The van der Waals surface area contributed by atoms with Gasteiger partial charge in [-0.05, 0) is 20.3 Å². The van der Waals surface area contributed by atoms with Crippen molar-refractivity contribution in [3.05, 3.63) is 12.2 Å². The molecule has 1 aliphatic rings. The number of ether oxygens (including phenoxy) is 1. The largest absolute Gasteiger partial charge is 0.393 e. The highest BCUT2D eigenvalue weighted by atomic mass is 16.5. The van der Waals surface area contributed by atoms with Crippen LogP contribution in [0, 0.1) is 5.41 Å². The van der Waals surface area contributed by atoms with Crippen LogP contribution in [0.4, 0.5) is 0 Å². The summed E-state index contributed by atoms with van der Waals surface area (Å²) < 4.78 is 5.65. The highest BCUT2D eigenvalue weighted by molar-refractivity contribution is 5.22. The Bertz CT molecular complexity index is 300. The van der Waals surface area contributed by atoms with E-state index in [9.17, 15) is 15.3 Å². The van der Waals surface area contributed by atoms with Crippen molar-refractivity contribution in [2.45, 2.75) is 63.9 Å². The summed E-state index contributed by atoms with van der Waals surface area (Å²) >= 11 is 0. The van der Waals surface area contributed by atoms with E-state index in [1.54, 1.807) is 33.1 Å². The van der Waals surface area contributed by atoms with Crippen LogP contribution in [0.5, 0.6) is 0 Å². The molecule has 0 radical (unpaired) electrons. The van der Waals surface area contributed by atoms with Crippen LogP contribution < -0.4 is 0 Å². The molecule has 4 heteroatoms. The average molecular weight is 258 g/mol. The van der Waals surface area contributed by atoms with Crippen LogP contribution in [0.1, 0.15) is 40.5 Å². The van der Waals surface area contributed by atoms with Crippen LogP contribution in [0.15, 0.2) is 12.2 Å². The van der Waals surface area contributed by atoms with E-state index < -0.39 is 28.8 Å². The zero-order valence-corrected chi connectivity index (χ0v) is 12.0. The first-order chi connectivity index (χ1) is 8.08. The highest BCUT2D eigenvalue weighted by Gasteiger charge is 2.60. The smallest absolute Gasteiger partial charge is 0.119 e. The lowest BCUT2D eigenvalue weighted by Gasteiger charge is -2.57. The third kappa shape index (κ3) is 2.48. The zero-order chi connectivity index (χ0) is 14.2. The van der Waals surface area contributed by atoms with E-state index in [1.807, 2.05) is 13.8 Å². The summed E-state index contributed by atoms with van der Waals surface area (Å²) in [6, 6.07) is 0. The Hall–Kier alpha value is -0.420. The minimum atomic E-state index is -1.19. The second-order valence-electron chi connectivity index (χ2n) is 6.26. The molecule has 0 aromatic rings. The molecule has 0 unspecified atom stereocenters. The third-order valence-corrected chi connectivity index (χ3v) is 4.12. The molecule has 0 aromatic heterocycles. The van der Waals surface area contributed by atoms with Crippen LogP contribution in [0.2, 0.25) is 0 Å². The zero-order valence-electron chi connectivity index (χ0n) is 12.0. The quantitative estimate of drug-likeness (QED) is 0.666. The molecule has 3 N–H and O–H groups in total. The van der Waals surface area contributed by atoms with Gasteiger partial charge in [0.15, 0.2) is 0 Å². The van der Waals surface area contributed by atoms with Gasteiger partial charge in [0.2, 0.25) is 0 Å². The lowest BCUT2D eigenvalue weighted by molar-refractivity contribution is -0.230. The predicted octanol–water partition coefficient (Wildman–Crippen LogP) is 1.24. The molecule has 0 heterocycles. The van der Waals surface area contributed by atoms with Crippen LogP contribution in [0.25, 0.3) is 0 Å². The van der Waals surface area contributed by atoms with Crippen LogP contribution in [0.3, 0.4) is 0 Å². The maximum atomic E-state index is 10.7. The first-order valence-electron chi connectivity index (χ1n) is 6.41.